The van der Waals surface area contributed by atoms with Gasteiger partial charge in [-0.25, -0.2) is 4.79 Å². The molecule has 2 amide bonds. The van der Waals surface area contributed by atoms with Crippen LogP contribution in [-0.4, -0.2) is 69.3 Å². The van der Waals surface area contributed by atoms with Crippen LogP contribution in [-0.2, 0) is 4.74 Å². The monoisotopic (exact) mass is 320 g/mol. The van der Waals surface area contributed by atoms with Crippen molar-refractivity contribution in [3.8, 4) is 0 Å². The summed E-state index contributed by atoms with van der Waals surface area (Å²) in [5.41, 5.74) is 1.82. The Hall–Kier alpha value is -1.63. The molecule has 1 aliphatic rings. The van der Waals surface area contributed by atoms with Crippen LogP contribution in [0.3, 0.4) is 0 Å². The summed E-state index contributed by atoms with van der Waals surface area (Å²) >= 11 is 0. The van der Waals surface area contributed by atoms with Crippen molar-refractivity contribution in [1.82, 2.24) is 15.1 Å². The lowest BCUT2D eigenvalue weighted by Crippen LogP contribution is -2.54. The van der Waals surface area contributed by atoms with Crippen molar-refractivity contribution in [3.63, 3.8) is 0 Å². The second kappa shape index (κ2) is 8.29. The van der Waals surface area contributed by atoms with E-state index in [0.717, 1.165) is 30.9 Å². The van der Waals surface area contributed by atoms with Gasteiger partial charge in [0.1, 0.15) is 0 Å². The summed E-state index contributed by atoms with van der Waals surface area (Å²) in [6, 6.07) is 7.91. The van der Waals surface area contributed by atoms with Crippen LogP contribution in [0.15, 0.2) is 24.3 Å². The highest BCUT2D eigenvalue weighted by Crippen LogP contribution is 2.19. The predicted octanol–water partition coefficient (Wildman–Crippen LogP) is 1.76. The lowest BCUT2D eigenvalue weighted by molar-refractivity contribution is 0.115. The van der Waals surface area contributed by atoms with Crippen LogP contribution in [0.25, 0.3) is 0 Å². The van der Waals surface area contributed by atoms with Crippen LogP contribution < -0.4 is 10.6 Å². The summed E-state index contributed by atoms with van der Waals surface area (Å²) in [6.07, 6.45) is 0.00577. The van der Waals surface area contributed by atoms with Crippen LogP contribution in [0, 0.1) is 0 Å². The molecule has 0 bridgehead atoms. The van der Waals surface area contributed by atoms with Gasteiger partial charge in [-0.05, 0) is 38.7 Å². The summed E-state index contributed by atoms with van der Waals surface area (Å²) in [7, 11) is 5.89. The topological polar surface area (TPSA) is 56.8 Å². The number of methoxy groups -OCH3 is 1. The minimum atomic E-state index is -0.172. The molecular formula is C17H28N4O2. The number of urea groups is 1. The van der Waals surface area contributed by atoms with Gasteiger partial charge >= 0.3 is 6.03 Å². The van der Waals surface area contributed by atoms with Crippen molar-refractivity contribution in [2.75, 3.05) is 52.7 Å². The maximum Gasteiger partial charge on any atom is 0.319 e. The first kappa shape index (κ1) is 17.7. The van der Waals surface area contributed by atoms with E-state index in [1.165, 1.54) is 0 Å². The van der Waals surface area contributed by atoms with Gasteiger partial charge in [0.25, 0.3) is 0 Å². The molecule has 2 N–H and O–H groups in total. The summed E-state index contributed by atoms with van der Waals surface area (Å²) in [5.74, 6) is 0. The summed E-state index contributed by atoms with van der Waals surface area (Å²) < 4.78 is 5.31. The number of ether oxygens (including phenoxy) is 1. The Bertz CT molecular complexity index is 523. The van der Waals surface area contributed by atoms with Gasteiger partial charge in [-0.2, -0.15) is 0 Å². The van der Waals surface area contributed by atoms with E-state index in [1.807, 2.05) is 31.2 Å². The summed E-state index contributed by atoms with van der Waals surface area (Å²) in [6.45, 7) is 5.69. The Morgan fingerprint density at radius 2 is 2.17 bits per heavy atom. The number of rotatable bonds is 5. The van der Waals surface area contributed by atoms with E-state index in [9.17, 15) is 4.79 Å². The van der Waals surface area contributed by atoms with Crippen molar-refractivity contribution < 1.29 is 9.53 Å². The van der Waals surface area contributed by atoms with Crippen molar-refractivity contribution in [3.05, 3.63) is 29.8 Å². The summed E-state index contributed by atoms with van der Waals surface area (Å²) in [5, 5.41) is 5.85. The van der Waals surface area contributed by atoms with Crippen LogP contribution in [0.4, 0.5) is 10.5 Å². The Morgan fingerprint density at radius 3 is 2.91 bits per heavy atom. The first-order chi connectivity index (χ1) is 11.0. The third-order valence-electron chi connectivity index (χ3n) is 4.45. The number of nitrogens with one attached hydrogen (secondary N) is 2. The van der Waals surface area contributed by atoms with Gasteiger partial charge in [-0.1, -0.05) is 12.1 Å². The van der Waals surface area contributed by atoms with Gasteiger partial charge in [0.2, 0.25) is 0 Å². The van der Waals surface area contributed by atoms with Gasteiger partial charge in [0.05, 0.1) is 6.10 Å². The smallest absolute Gasteiger partial charge is 0.319 e. The number of amides is 2. The molecule has 2 atom stereocenters. The van der Waals surface area contributed by atoms with Crippen LogP contribution >= 0.6 is 0 Å². The van der Waals surface area contributed by atoms with Crippen molar-refractivity contribution >= 4 is 11.7 Å². The molecule has 1 aliphatic heterocycles. The van der Waals surface area contributed by atoms with E-state index in [-0.39, 0.29) is 12.1 Å². The van der Waals surface area contributed by atoms with E-state index in [1.54, 1.807) is 7.11 Å². The average Bonchev–Trinajstić information content (AvgIpc) is 2.55. The number of carbonyl (C=O) groups excluding carboxylic acids is 1. The molecule has 6 heteroatoms. The quantitative estimate of drug-likeness (QED) is 0.868. The number of carbonyl (C=O) groups is 1. The maximum absolute atomic E-state index is 12.1. The largest absolute Gasteiger partial charge is 0.377 e. The van der Waals surface area contributed by atoms with E-state index < -0.39 is 0 Å². The fourth-order valence-corrected chi connectivity index (χ4v) is 2.71. The maximum atomic E-state index is 12.1. The number of likely N-dealkylation sites (N-methyl/N-ethyl adjacent to an activating group) is 2. The minimum Gasteiger partial charge on any atom is -0.377 e. The fraction of sp³-hybridized carbons (Fsp3) is 0.588. The first-order valence-electron chi connectivity index (χ1n) is 8.06. The van der Waals surface area contributed by atoms with Crippen LogP contribution in [0.1, 0.15) is 18.6 Å². The molecule has 1 fully saturated rings. The highest BCUT2D eigenvalue weighted by atomic mass is 16.5. The predicted molar refractivity (Wildman–Crippen MR) is 92.8 cm³/mol. The third-order valence-corrected chi connectivity index (χ3v) is 4.45. The normalized spacial score (nSPS) is 21.0. The van der Waals surface area contributed by atoms with Crippen molar-refractivity contribution in [2.45, 2.75) is 19.1 Å². The Kier molecular flexibility index (Phi) is 6.38. The Labute approximate surface area is 138 Å². The Morgan fingerprint density at radius 1 is 1.39 bits per heavy atom. The van der Waals surface area contributed by atoms with E-state index >= 15 is 0 Å². The first-order valence-corrected chi connectivity index (χ1v) is 8.06. The number of piperazine rings is 1. The minimum absolute atomic E-state index is 0.00577. The van der Waals surface area contributed by atoms with E-state index in [2.05, 4.69) is 34.5 Å². The molecule has 0 aromatic heterocycles. The van der Waals surface area contributed by atoms with Crippen LogP contribution in [0.5, 0.6) is 0 Å². The number of nitrogens with zero attached hydrogens (tertiary/aromatic N) is 2. The molecule has 0 unspecified atom stereocenters. The van der Waals surface area contributed by atoms with Crippen molar-refractivity contribution in [2.24, 2.45) is 0 Å². The molecule has 0 aliphatic carbocycles. The second-order valence-corrected chi connectivity index (χ2v) is 6.24. The standard InChI is InChI=1S/C17H28N4O2/c1-13(23-4)14-6-5-7-15(10-14)19-17(22)18-11-16-12-20(2)8-9-21(16)3/h5-7,10,13,16H,8-9,11-12H2,1-4H3,(H2,18,19,22)/t13-,16-/m0/s1. The lowest BCUT2D eigenvalue weighted by atomic mass is 10.1. The molecule has 6 nitrogen and oxygen atoms in total. The molecule has 1 aromatic carbocycles. The van der Waals surface area contributed by atoms with E-state index in [0.29, 0.717) is 12.6 Å². The highest BCUT2D eigenvalue weighted by molar-refractivity contribution is 5.89. The zero-order chi connectivity index (χ0) is 16.8. The molecule has 1 aromatic rings. The van der Waals surface area contributed by atoms with Crippen LogP contribution in [0.2, 0.25) is 0 Å². The molecule has 0 radical (unpaired) electrons. The van der Waals surface area contributed by atoms with Gasteiger partial charge in [-0.3, -0.25) is 4.90 Å². The summed E-state index contributed by atoms with van der Waals surface area (Å²) in [4.78, 5) is 16.7. The molecule has 2 rings (SSSR count). The zero-order valence-electron chi connectivity index (χ0n) is 14.5. The average molecular weight is 320 g/mol. The molecule has 0 spiro atoms. The van der Waals surface area contributed by atoms with Gasteiger partial charge in [0.15, 0.2) is 0 Å². The number of hydrogen-bond donors (Lipinski definition) is 2. The molecular weight excluding hydrogens is 292 g/mol. The number of hydrogen-bond acceptors (Lipinski definition) is 4. The molecule has 1 saturated heterocycles. The third kappa shape index (κ3) is 5.20. The molecule has 128 valence electrons. The molecule has 0 saturated carbocycles. The lowest BCUT2D eigenvalue weighted by Gasteiger charge is -2.37. The van der Waals surface area contributed by atoms with Gasteiger partial charge in [0, 0.05) is 45.0 Å². The second-order valence-electron chi connectivity index (χ2n) is 6.24. The SMILES string of the molecule is CO[C@@H](C)c1cccc(NC(=O)NC[C@H]2CN(C)CCN2C)c1. The highest BCUT2D eigenvalue weighted by Gasteiger charge is 2.22. The van der Waals surface area contributed by atoms with Gasteiger partial charge < -0.3 is 20.3 Å². The Balaban J connectivity index is 1.85. The van der Waals surface area contributed by atoms with E-state index in [4.69, 9.17) is 4.74 Å². The van der Waals surface area contributed by atoms with Gasteiger partial charge in [-0.15, -0.1) is 0 Å². The number of benzene rings is 1. The molecule has 1 heterocycles. The zero-order valence-corrected chi connectivity index (χ0v) is 14.5. The number of anilines is 1. The fourth-order valence-electron chi connectivity index (χ4n) is 2.71. The van der Waals surface area contributed by atoms with Crippen molar-refractivity contribution in [1.29, 1.82) is 0 Å². The molecule has 23 heavy (non-hydrogen) atoms.